The van der Waals surface area contributed by atoms with Crippen molar-refractivity contribution in [1.82, 2.24) is 0 Å². The van der Waals surface area contributed by atoms with Crippen molar-refractivity contribution in [2.75, 3.05) is 5.32 Å². The highest BCUT2D eigenvalue weighted by Crippen LogP contribution is 2.56. The first-order valence-corrected chi connectivity index (χ1v) is 8.49. The normalized spacial score (nSPS) is 14.1. The van der Waals surface area contributed by atoms with Gasteiger partial charge in [0.2, 0.25) is 0 Å². The SMILES string of the molecule is C=C=C(Nc1cccc(Cc2ccc(C#N)cc2)c1)C1(C(=C)C)CC1. The molecule has 0 unspecified atom stereocenters. The summed E-state index contributed by atoms with van der Waals surface area (Å²) in [7, 11) is 0. The van der Waals surface area contributed by atoms with E-state index in [1.54, 1.807) is 0 Å². The van der Waals surface area contributed by atoms with Crippen molar-refractivity contribution in [1.29, 1.82) is 5.26 Å². The van der Waals surface area contributed by atoms with Gasteiger partial charge in [-0.15, -0.1) is 5.73 Å². The number of hydrogen-bond donors (Lipinski definition) is 1. The summed E-state index contributed by atoms with van der Waals surface area (Å²) in [6.45, 7) is 10.1. The van der Waals surface area contributed by atoms with E-state index in [2.05, 4.69) is 61.5 Å². The Morgan fingerprint density at radius 3 is 2.44 bits per heavy atom. The van der Waals surface area contributed by atoms with Gasteiger partial charge in [0.1, 0.15) is 0 Å². The van der Waals surface area contributed by atoms with Crippen LogP contribution in [0.25, 0.3) is 0 Å². The fraction of sp³-hybridized carbons (Fsp3) is 0.217. The predicted molar refractivity (Wildman–Crippen MR) is 103 cm³/mol. The molecule has 1 fully saturated rings. The number of benzene rings is 2. The van der Waals surface area contributed by atoms with Gasteiger partial charge in [0, 0.05) is 11.1 Å². The van der Waals surface area contributed by atoms with Crippen LogP contribution in [0.4, 0.5) is 5.69 Å². The third kappa shape index (κ3) is 3.58. The Morgan fingerprint density at radius 2 is 1.88 bits per heavy atom. The molecular formula is C23H22N2. The minimum Gasteiger partial charge on any atom is -0.352 e. The first-order chi connectivity index (χ1) is 12.1. The number of allylic oxidation sites excluding steroid dienone is 1. The molecule has 0 bridgehead atoms. The second-order valence-electron chi connectivity index (χ2n) is 6.73. The highest BCUT2D eigenvalue weighted by molar-refractivity contribution is 5.54. The molecule has 0 heterocycles. The fourth-order valence-corrected chi connectivity index (χ4v) is 3.18. The van der Waals surface area contributed by atoms with Gasteiger partial charge in [-0.3, -0.25) is 0 Å². The van der Waals surface area contributed by atoms with Crippen molar-refractivity contribution in [3.05, 3.63) is 95.4 Å². The van der Waals surface area contributed by atoms with Gasteiger partial charge in [0.15, 0.2) is 0 Å². The highest BCUT2D eigenvalue weighted by Gasteiger charge is 2.47. The van der Waals surface area contributed by atoms with E-state index < -0.39 is 0 Å². The summed E-state index contributed by atoms with van der Waals surface area (Å²) in [5.41, 5.74) is 9.45. The second kappa shape index (κ2) is 6.85. The van der Waals surface area contributed by atoms with Gasteiger partial charge < -0.3 is 5.32 Å². The molecule has 2 nitrogen and oxygen atoms in total. The summed E-state index contributed by atoms with van der Waals surface area (Å²) < 4.78 is 0. The smallest absolute Gasteiger partial charge is 0.0991 e. The summed E-state index contributed by atoms with van der Waals surface area (Å²) in [4.78, 5) is 0. The van der Waals surface area contributed by atoms with Crippen molar-refractivity contribution >= 4 is 5.69 Å². The fourth-order valence-electron chi connectivity index (χ4n) is 3.18. The Labute approximate surface area is 149 Å². The van der Waals surface area contributed by atoms with E-state index in [4.69, 9.17) is 5.26 Å². The molecule has 2 aromatic carbocycles. The van der Waals surface area contributed by atoms with Gasteiger partial charge in [-0.1, -0.05) is 43.0 Å². The summed E-state index contributed by atoms with van der Waals surface area (Å²) in [5.74, 6) is 0. The molecule has 0 saturated heterocycles. The molecule has 0 aliphatic heterocycles. The number of hydrogen-bond acceptors (Lipinski definition) is 2. The molecule has 3 rings (SSSR count). The van der Waals surface area contributed by atoms with Crippen LogP contribution in [0.15, 0.2) is 78.7 Å². The number of nitrogens with zero attached hydrogens (tertiary/aromatic N) is 1. The van der Waals surface area contributed by atoms with Crippen LogP contribution >= 0.6 is 0 Å². The summed E-state index contributed by atoms with van der Waals surface area (Å²) in [6.07, 6.45) is 3.05. The van der Waals surface area contributed by atoms with Crippen LogP contribution in [0.5, 0.6) is 0 Å². The van der Waals surface area contributed by atoms with Crippen LogP contribution < -0.4 is 5.32 Å². The number of anilines is 1. The first-order valence-electron chi connectivity index (χ1n) is 8.49. The minimum absolute atomic E-state index is 0.0326. The lowest BCUT2D eigenvalue weighted by atomic mass is 9.94. The van der Waals surface area contributed by atoms with E-state index in [0.717, 1.165) is 30.6 Å². The third-order valence-electron chi connectivity index (χ3n) is 4.91. The van der Waals surface area contributed by atoms with E-state index in [-0.39, 0.29) is 5.41 Å². The molecule has 25 heavy (non-hydrogen) atoms. The van der Waals surface area contributed by atoms with Crippen molar-refractivity contribution in [2.24, 2.45) is 5.41 Å². The van der Waals surface area contributed by atoms with Crippen LogP contribution in [-0.4, -0.2) is 0 Å². The summed E-state index contributed by atoms with van der Waals surface area (Å²) in [6, 6.07) is 18.3. The van der Waals surface area contributed by atoms with Crippen molar-refractivity contribution in [2.45, 2.75) is 26.2 Å². The molecule has 2 heteroatoms. The maximum absolute atomic E-state index is 8.89. The number of nitrogens with one attached hydrogen (secondary N) is 1. The zero-order valence-corrected chi connectivity index (χ0v) is 14.6. The third-order valence-corrected chi connectivity index (χ3v) is 4.91. The van der Waals surface area contributed by atoms with E-state index in [1.807, 2.05) is 24.3 Å². The van der Waals surface area contributed by atoms with Crippen molar-refractivity contribution in [3.63, 3.8) is 0 Å². The molecule has 0 amide bonds. The molecule has 2 aromatic rings. The van der Waals surface area contributed by atoms with Gasteiger partial charge in [0.05, 0.1) is 17.3 Å². The van der Waals surface area contributed by atoms with Crippen molar-refractivity contribution < 1.29 is 0 Å². The molecule has 1 aliphatic rings. The lowest BCUT2D eigenvalue weighted by molar-refractivity contribution is 0.735. The second-order valence-corrected chi connectivity index (χ2v) is 6.73. The Balaban J connectivity index is 1.76. The van der Waals surface area contributed by atoms with Crippen LogP contribution in [0.1, 0.15) is 36.5 Å². The van der Waals surface area contributed by atoms with Crippen LogP contribution in [0.3, 0.4) is 0 Å². The monoisotopic (exact) mass is 326 g/mol. The predicted octanol–water partition coefficient (Wildman–Crippen LogP) is 5.59. The molecule has 124 valence electrons. The lowest BCUT2D eigenvalue weighted by Crippen LogP contribution is -2.13. The minimum atomic E-state index is 0.0326. The molecule has 1 N–H and O–H groups in total. The number of nitriles is 1. The average molecular weight is 326 g/mol. The van der Waals surface area contributed by atoms with E-state index in [0.29, 0.717) is 5.56 Å². The van der Waals surface area contributed by atoms with Gasteiger partial charge in [-0.05, 0) is 61.6 Å². The van der Waals surface area contributed by atoms with Crippen LogP contribution in [0, 0.1) is 16.7 Å². The maximum atomic E-state index is 8.89. The van der Waals surface area contributed by atoms with E-state index >= 15 is 0 Å². The van der Waals surface area contributed by atoms with E-state index in [1.165, 1.54) is 16.7 Å². The Hall–Kier alpha value is -3.01. The molecular weight excluding hydrogens is 304 g/mol. The topological polar surface area (TPSA) is 35.8 Å². The standard InChI is InChI=1S/C23H22N2/c1-4-22(23(12-13-23)17(2)3)25-21-7-5-6-20(15-21)14-18-8-10-19(16-24)11-9-18/h5-11,15,25H,1-2,12-14H2,3H3. The molecule has 0 aromatic heterocycles. The molecule has 1 saturated carbocycles. The summed E-state index contributed by atoms with van der Waals surface area (Å²) in [5, 5.41) is 12.4. The molecule has 0 radical (unpaired) electrons. The van der Waals surface area contributed by atoms with E-state index in [9.17, 15) is 0 Å². The molecule has 0 atom stereocenters. The Bertz CT molecular complexity index is 886. The first kappa shape index (κ1) is 16.8. The Kier molecular flexibility index (Phi) is 4.61. The van der Waals surface area contributed by atoms with Gasteiger partial charge in [-0.25, -0.2) is 0 Å². The number of rotatable bonds is 6. The maximum Gasteiger partial charge on any atom is 0.0991 e. The summed E-state index contributed by atoms with van der Waals surface area (Å²) >= 11 is 0. The lowest BCUT2D eigenvalue weighted by Gasteiger charge is -2.20. The van der Waals surface area contributed by atoms with Gasteiger partial charge >= 0.3 is 0 Å². The Morgan fingerprint density at radius 1 is 1.16 bits per heavy atom. The van der Waals surface area contributed by atoms with Gasteiger partial charge in [0.25, 0.3) is 0 Å². The zero-order chi connectivity index (χ0) is 17.9. The zero-order valence-electron chi connectivity index (χ0n) is 14.6. The van der Waals surface area contributed by atoms with Crippen molar-refractivity contribution in [3.8, 4) is 6.07 Å². The molecule has 0 spiro atoms. The quantitative estimate of drug-likeness (QED) is 0.555. The van der Waals surface area contributed by atoms with Crippen LogP contribution in [-0.2, 0) is 6.42 Å². The van der Waals surface area contributed by atoms with Crippen LogP contribution in [0.2, 0.25) is 0 Å². The molecule has 1 aliphatic carbocycles. The average Bonchev–Trinajstić information content (AvgIpc) is 3.43. The van der Waals surface area contributed by atoms with Gasteiger partial charge in [-0.2, -0.15) is 5.26 Å². The largest absolute Gasteiger partial charge is 0.352 e. The highest BCUT2D eigenvalue weighted by atomic mass is 14.9.